The summed E-state index contributed by atoms with van der Waals surface area (Å²) >= 11 is 8.35. The summed E-state index contributed by atoms with van der Waals surface area (Å²) in [5.41, 5.74) is 2.12. The summed E-state index contributed by atoms with van der Waals surface area (Å²) in [7, 11) is 1.91. The largest absolute Gasteiger partial charge is 0.309 e. The SMILES string of the molecule is CNC(c1cncnc1)c1ccc(I)c(Cl)c1. The number of benzene rings is 1. The first-order valence-electron chi connectivity index (χ1n) is 5.09. The molecular formula is C12H11ClIN3. The van der Waals surface area contributed by atoms with E-state index in [1.807, 2.05) is 19.2 Å². The molecule has 1 atom stereocenters. The number of nitrogens with zero attached hydrogens (tertiary/aromatic N) is 2. The zero-order chi connectivity index (χ0) is 12.3. The third-order valence-electron chi connectivity index (χ3n) is 2.48. The molecule has 0 fully saturated rings. The molecule has 1 aromatic carbocycles. The van der Waals surface area contributed by atoms with Gasteiger partial charge in [-0.05, 0) is 47.3 Å². The molecule has 1 aromatic heterocycles. The number of hydrogen-bond acceptors (Lipinski definition) is 3. The van der Waals surface area contributed by atoms with Crippen LogP contribution in [0.5, 0.6) is 0 Å². The molecule has 1 unspecified atom stereocenters. The summed E-state index contributed by atoms with van der Waals surface area (Å²) in [5, 5.41) is 4.00. The lowest BCUT2D eigenvalue weighted by Crippen LogP contribution is -2.18. The maximum atomic E-state index is 6.14. The third-order valence-corrected chi connectivity index (χ3v) is 4.05. The van der Waals surface area contributed by atoms with Gasteiger partial charge in [0.15, 0.2) is 0 Å². The zero-order valence-electron chi connectivity index (χ0n) is 9.19. The van der Waals surface area contributed by atoms with Gasteiger partial charge in [-0.25, -0.2) is 9.97 Å². The summed E-state index contributed by atoms with van der Waals surface area (Å²) in [6.07, 6.45) is 5.14. The van der Waals surface area contributed by atoms with Gasteiger partial charge in [-0.1, -0.05) is 17.7 Å². The van der Waals surface area contributed by atoms with Crippen molar-refractivity contribution in [3.8, 4) is 0 Å². The van der Waals surface area contributed by atoms with Gasteiger partial charge in [-0.2, -0.15) is 0 Å². The van der Waals surface area contributed by atoms with E-state index in [0.29, 0.717) is 0 Å². The lowest BCUT2D eigenvalue weighted by Gasteiger charge is -2.16. The van der Waals surface area contributed by atoms with Crippen LogP contribution in [0.4, 0.5) is 0 Å². The van der Waals surface area contributed by atoms with Gasteiger partial charge < -0.3 is 5.32 Å². The fourth-order valence-electron chi connectivity index (χ4n) is 1.68. The monoisotopic (exact) mass is 359 g/mol. The van der Waals surface area contributed by atoms with Crippen LogP contribution in [-0.4, -0.2) is 17.0 Å². The van der Waals surface area contributed by atoms with E-state index in [9.17, 15) is 0 Å². The highest BCUT2D eigenvalue weighted by Gasteiger charge is 2.13. The Labute approximate surface area is 119 Å². The zero-order valence-corrected chi connectivity index (χ0v) is 12.1. The van der Waals surface area contributed by atoms with E-state index < -0.39 is 0 Å². The molecule has 0 saturated heterocycles. The van der Waals surface area contributed by atoms with Crippen LogP contribution in [0.3, 0.4) is 0 Å². The molecule has 3 nitrogen and oxygen atoms in total. The van der Waals surface area contributed by atoms with Gasteiger partial charge in [0.2, 0.25) is 0 Å². The molecule has 0 aliphatic heterocycles. The van der Waals surface area contributed by atoms with Crippen LogP contribution in [0, 0.1) is 3.57 Å². The van der Waals surface area contributed by atoms with Gasteiger partial charge in [0, 0.05) is 21.5 Å². The minimum absolute atomic E-state index is 0.0608. The lowest BCUT2D eigenvalue weighted by atomic mass is 10.0. The number of aromatic nitrogens is 2. The molecule has 0 spiro atoms. The van der Waals surface area contributed by atoms with Crippen molar-refractivity contribution in [2.75, 3.05) is 7.05 Å². The molecule has 88 valence electrons. The highest BCUT2D eigenvalue weighted by Crippen LogP contribution is 2.26. The second-order valence-electron chi connectivity index (χ2n) is 3.57. The van der Waals surface area contributed by atoms with Gasteiger partial charge in [-0.3, -0.25) is 0 Å². The van der Waals surface area contributed by atoms with Crippen LogP contribution >= 0.6 is 34.2 Å². The summed E-state index contributed by atoms with van der Waals surface area (Å²) in [5.74, 6) is 0. The standard InChI is InChI=1S/C12H11ClIN3/c1-15-12(9-5-16-7-17-6-9)8-2-3-11(14)10(13)4-8/h2-7,12,15H,1H3. The predicted molar refractivity (Wildman–Crippen MR) is 77.1 cm³/mol. The van der Waals surface area contributed by atoms with Crippen molar-refractivity contribution in [2.45, 2.75) is 6.04 Å². The quantitative estimate of drug-likeness (QED) is 0.856. The molecule has 0 radical (unpaired) electrons. The molecule has 0 aliphatic rings. The van der Waals surface area contributed by atoms with Crippen LogP contribution in [0.15, 0.2) is 36.9 Å². The van der Waals surface area contributed by atoms with Crippen molar-refractivity contribution < 1.29 is 0 Å². The van der Waals surface area contributed by atoms with Crippen LogP contribution in [0.1, 0.15) is 17.2 Å². The second-order valence-corrected chi connectivity index (χ2v) is 5.14. The van der Waals surface area contributed by atoms with E-state index in [4.69, 9.17) is 11.6 Å². The lowest BCUT2D eigenvalue weighted by molar-refractivity contribution is 0.684. The highest BCUT2D eigenvalue weighted by atomic mass is 127. The van der Waals surface area contributed by atoms with Crippen LogP contribution in [0.25, 0.3) is 0 Å². The van der Waals surface area contributed by atoms with Crippen molar-refractivity contribution in [3.05, 3.63) is 56.6 Å². The van der Waals surface area contributed by atoms with Gasteiger partial charge in [0.05, 0.1) is 11.1 Å². The van der Waals surface area contributed by atoms with Crippen molar-refractivity contribution in [1.82, 2.24) is 15.3 Å². The molecule has 0 amide bonds. The molecule has 2 aromatic rings. The van der Waals surface area contributed by atoms with E-state index >= 15 is 0 Å². The number of hydrogen-bond donors (Lipinski definition) is 1. The fourth-order valence-corrected chi connectivity index (χ4v) is 2.20. The molecular weight excluding hydrogens is 349 g/mol. The molecule has 0 saturated carbocycles. The Kier molecular flexibility index (Phi) is 4.31. The van der Waals surface area contributed by atoms with Crippen LogP contribution in [-0.2, 0) is 0 Å². The van der Waals surface area contributed by atoms with Crippen LogP contribution < -0.4 is 5.32 Å². The molecule has 17 heavy (non-hydrogen) atoms. The Morgan fingerprint density at radius 3 is 2.53 bits per heavy atom. The van der Waals surface area contributed by atoms with Gasteiger partial charge >= 0.3 is 0 Å². The Morgan fingerprint density at radius 1 is 1.24 bits per heavy atom. The summed E-state index contributed by atoms with van der Waals surface area (Å²) in [6, 6.07) is 6.09. The summed E-state index contributed by atoms with van der Waals surface area (Å²) < 4.78 is 1.05. The Balaban J connectivity index is 2.39. The third kappa shape index (κ3) is 2.94. The summed E-state index contributed by atoms with van der Waals surface area (Å²) in [6.45, 7) is 0. The molecule has 0 bridgehead atoms. The van der Waals surface area contributed by atoms with Crippen molar-refractivity contribution >= 4 is 34.2 Å². The van der Waals surface area contributed by atoms with Crippen LogP contribution in [0.2, 0.25) is 5.02 Å². The topological polar surface area (TPSA) is 37.8 Å². The van der Waals surface area contributed by atoms with Crippen molar-refractivity contribution in [2.24, 2.45) is 0 Å². The minimum Gasteiger partial charge on any atom is -0.309 e. The first kappa shape index (κ1) is 12.7. The van der Waals surface area contributed by atoms with Crippen molar-refractivity contribution in [3.63, 3.8) is 0 Å². The first-order chi connectivity index (χ1) is 8.22. The Bertz CT molecular complexity index is 504. The smallest absolute Gasteiger partial charge is 0.115 e. The Hall–Kier alpha value is -0.720. The van der Waals surface area contributed by atoms with E-state index in [2.05, 4.69) is 43.9 Å². The average Bonchev–Trinajstić information content (AvgIpc) is 2.36. The molecule has 1 heterocycles. The predicted octanol–water partition coefficient (Wildman–Crippen LogP) is 3.04. The molecule has 5 heteroatoms. The Morgan fingerprint density at radius 2 is 1.94 bits per heavy atom. The fraction of sp³-hybridized carbons (Fsp3) is 0.167. The summed E-state index contributed by atoms with van der Waals surface area (Å²) in [4.78, 5) is 8.07. The number of nitrogens with one attached hydrogen (secondary N) is 1. The maximum Gasteiger partial charge on any atom is 0.115 e. The maximum absolute atomic E-state index is 6.14. The molecule has 1 N–H and O–H groups in total. The van der Waals surface area contributed by atoms with E-state index in [0.717, 1.165) is 19.7 Å². The second kappa shape index (κ2) is 5.75. The molecule has 2 rings (SSSR count). The van der Waals surface area contributed by atoms with E-state index in [1.54, 1.807) is 12.4 Å². The van der Waals surface area contributed by atoms with Crippen molar-refractivity contribution in [1.29, 1.82) is 0 Å². The van der Waals surface area contributed by atoms with Gasteiger partial charge in [-0.15, -0.1) is 0 Å². The van der Waals surface area contributed by atoms with E-state index in [1.165, 1.54) is 6.33 Å². The molecule has 0 aliphatic carbocycles. The van der Waals surface area contributed by atoms with Gasteiger partial charge in [0.1, 0.15) is 6.33 Å². The van der Waals surface area contributed by atoms with Gasteiger partial charge in [0.25, 0.3) is 0 Å². The first-order valence-corrected chi connectivity index (χ1v) is 6.55. The van der Waals surface area contributed by atoms with E-state index in [-0.39, 0.29) is 6.04 Å². The minimum atomic E-state index is 0.0608. The average molecular weight is 360 g/mol. The highest BCUT2D eigenvalue weighted by molar-refractivity contribution is 14.1. The number of halogens is 2. The number of rotatable bonds is 3. The normalized spacial score (nSPS) is 12.4.